The predicted molar refractivity (Wildman–Crippen MR) is 70.2 cm³/mol. The third-order valence-corrected chi connectivity index (χ3v) is 2.06. The van der Waals surface area contributed by atoms with Crippen LogP contribution in [0.2, 0.25) is 0 Å². The van der Waals surface area contributed by atoms with Crippen LogP contribution in [0.25, 0.3) is 0 Å². The number of carbonyl (C=O) groups excluding carboxylic acids is 1. The summed E-state index contributed by atoms with van der Waals surface area (Å²) in [4.78, 5) is 10.7. The van der Waals surface area contributed by atoms with Gasteiger partial charge in [0.15, 0.2) is 5.97 Å². The SMILES string of the molecule is C1=CCCC1.CC.CCOC(=O)[C-](C)CC.[Rb+]. The van der Waals surface area contributed by atoms with Gasteiger partial charge in [0.05, 0.1) is 6.61 Å². The molecule has 0 heterocycles. The fraction of sp³-hybridized carbons (Fsp3) is 0.714. The molecule has 0 bridgehead atoms. The number of rotatable bonds is 3. The van der Waals surface area contributed by atoms with Crippen LogP contribution in [0.5, 0.6) is 0 Å². The molecule has 0 saturated carbocycles. The van der Waals surface area contributed by atoms with Gasteiger partial charge in [-0.25, -0.2) is 0 Å². The molecule has 96 valence electrons. The van der Waals surface area contributed by atoms with Crippen molar-refractivity contribution in [1.82, 2.24) is 0 Å². The Morgan fingerprint density at radius 3 is 1.94 bits per heavy atom. The minimum absolute atomic E-state index is 0. The van der Waals surface area contributed by atoms with Gasteiger partial charge in [0.2, 0.25) is 0 Å². The first-order valence-corrected chi connectivity index (χ1v) is 6.36. The van der Waals surface area contributed by atoms with E-state index in [0.29, 0.717) is 6.61 Å². The third kappa shape index (κ3) is 16.9. The molecule has 0 aromatic carbocycles. The summed E-state index contributed by atoms with van der Waals surface area (Å²) < 4.78 is 4.72. The molecule has 1 aliphatic carbocycles. The van der Waals surface area contributed by atoms with Gasteiger partial charge in [0, 0.05) is 0 Å². The summed E-state index contributed by atoms with van der Waals surface area (Å²) in [7, 11) is 0. The van der Waals surface area contributed by atoms with Crippen LogP contribution in [0, 0.1) is 5.92 Å². The summed E-state index contributed by atoms with van der Waals surface area (Å²) in [5.74, 6) is 0.622. The smallest absolute Gasteiger partial charge is 0.488 e. The van der Waals surface area contributed by atoms with Gasteiger partial charge in [-0.2, -0.15) is 13.3 Å². The summed E-state index contributed by atoms with van der Waals surface area (Å²) >= 11 is 0. The molecule has 0 spiro atoms. The van der Waals surface area contributed by atoms with Gasteiger partial charge in [0.1, 0.15) is 0 Å². The van der Waals surface area contributed by atoms with Gasteiger partial charge in [-0.05, 0) is 26.2 Å². The first-order valence-electron chi connectivity index (χ1n) is 6.36. The Morgan fingerprint density at radius 2 is 1.71 bits per heavy atom. The van der Waals surface area contributed by atoms with Crippen LogP contribution in [0.15, 0.2) is 12.2 Å². The van der Waals surface area contributed by atoms with Crippen molar-refractivity contribution in [2.75, 3.05) is 6.61 Å². The van der Waals surface area contributed by atoms with E-state index in [4.69, 9.17) is 4.74 Å². The number of carbonyl (C=O) groups is 1. The van der Waals surface area contributed by atoms with Crippen molar-refractivity contribution >= 4 is 5.97 Å². The first-order chi connectivity index (χ1) is 7.72. The summed E-state index contributed by atoms with van der Waals surface area (Å²) in [6.45, 7) is 10.0. The van der Waals surface area contributed by atoms with E-state index in [9.17, 15) is 4.79 Å². The van der Waals surface area contributed by atoms with Crippen molar-refractivity contribution < 1.29 is 67.7 Å². The Kier molecular flexibility index (Phi) is 26.0. The second-order valence-corrected chi connectivity index (χ2v) is 3.26. The predicted octanol–water partition coefficient (Wildman–Crippen LogP) is 1.31. The molecule has 0 saturated heterocycles. The second-order valence-electron chi connectivity index (χ2n) is 3.26. The molecule has 0 atom stereocenters. The maximum atomic E-state index is 10.7. The summed E-state index contributed by atoms with van der Waals surface area (Å²) in [5, 5.41) is 0. The fourth-order valence-corrected chi connectivity index (χ4v) is 0.988. The van der Waals surface area contributed by atoms with Crippen LogP contribution in [0.1, 0.15) is 60.3 Å². The molecule has 0 aromatic heterocycles. The molecular weight excluding hydrogens is 286 g/mol. The van der Waals surface area contributed by atoms with Gasteiger partial charge < -0.3 is 4.74 Å². The van der Waals surface area contributed by atoms with Gasteiger partial charge in [0.25, 0.3) is 0 Å². The molecule has 0 aromatic rings. The van der Waals surface area contributed by atoms with E-state index in [1.807, 2.05) is 20.8 Å². The standard InChI is InChI=1S/C7H13O2.C5H8.C2H6.Rb/c1-4-6(3)7(8)9-5-2;1-2-4-5-3-1;1-2;/h4-5H2,1-3H3;1-2H,3-5H2;1-2H3;/q-1;;;+1. The summed E-state index contributed by atoms with van der Waals surface area (Å²) in [6.07, 6.45) is 9.28. The fourth-order valence-electron chi connectivity index (χ4n) is 0.988. The van der Waals surface area contributed by atoms with E-state index in [-0.39, 0.29) is 64.2 Å². The zero-order valence-corrected chi connectivity index (χ0v) is 17.4. The van der Waals surface area contributed by atoms with E-state index in [0.717, 1.165) is 12.3 Å². The molecule has 0 N–H and O–H groups in total. The zero-order chi connectivity index (χ0) is 12.8. The van der Waals surface area contributed by atoms with Crippen LogP contribution >= 0.6 is 0 Å². The quantitative estimate of drug-likeness (QED) is 0.446. The molecule has 0 unspecified atom stereocenters. The Bertz CT molecular complexity index is 173. The van der Waals surface area contributed by atoms with Gasteiger partial charge >= 0.3 is 58.2 Å². The molecule has 2 nitrogen and oxygen atoms in total. The van der Waals surface area contributed by atoms with Crippen molar-refractivity contribution in [3.8, 4) is 0 Å². The first kappa shape index (κ1) is 23.0. The van der Waals surface area contributed by atoms with Crippen molar-refractivity contribution in [3.63, 3.8) is 0 Å². The number of esters is 1. The van der Waals surface area contributed by atoms with E-state index in [1.54, 1.807) is 13.8 Å². The van der Waals surface area contributed by atoms with Crippen LogP contribution in [-0.2, 0) is 9.53 Å². The van der Waals surface area contributed by atoms with Crippen molar-refractivity contribution in [2.24, 2.45) is 0 Å². The maximum absolute atomic E-state index is 10.7. The second kappa shape index (κ2) is 19.2. The summed E-state index contributed by atoms with van der Waals surface area (Å²) in [6, 6.07) is 0. The Balaban J connectivity index is -0.000000208. The van der Waals surface area contributed by atoms with E-state index in [1.165, 1.54) is 19.3 Å². The van der Waals surface area contributed by atoms with Crippen molar-refractivity contribution in [3.05, 3.63) is 18.1 Å². The van der Waals surface area contributed by atoms with Gasteiger partial charge in [-0.1, -0.05) is 32.9 Å². The van der Waals surface area contributed by atoms with E-state index in [2.05, 4.69) is 12.2 Å². The normalized spacial score (nSPS) is 11.1. The van der Waals surface area contributed by atoms with Crippen molar-refractivity contribution in [1.29, 1.82) is 0 Å². The van der Waals surface area contributed by atoms with E-state index < -0.39 is 0 Å². The molecule has 0 fully saturated rings. The van der Waals surface area contributed by atoms with E-state index >= 15 is 0 Å². The average Bonchev–Trinajstić information content (AvgIpc) is 2.89. The molecule has 0 amide bonds. The number of hydrogen-bond acceptors (Lipinski definition) is 2. The number of ether oxygens (including phenoxy) is 1. The van der Waals surface area contributed by atoms with Crippen LogP contribution in [0.4, 0.5) is 0 Å². The zero-order valence-electron chi connectivity index (χ0n) is 12.5. The van der Waals surface area contributed by atoms with Crippen molar-refractivity contribution in [2.45, 2.75) is 60.3 Å². The molecule has 1 aliphatic rings. The van der Waals surface area contributed by atoms with Gasteiger partial charge in [-0.3, -0.25) is 10.7 Å². The maximum Gasteiger partial charge on any atom is 1.00 e. The average molecular weight is 313 g/mol. The molecule has 1 rings (SSSR count). The summed E-state index contributed by atoms with van der Waals surface area (Å²) in [5.41, 5.74) is 0. The van der Waals surface area contributed by atoms with Crippen LogP contribution < -0.4 is 58.2 Å². The molecule has 17 heavy (non-hydrogen) atoms. The van der Waals surface area contributed by atoms with Crippen LogP contribution in [-0.4, -0.2) is 12.6 Å². The monoisotopic (exact) mass is 312 g/mol. The Morgan fingerprint density at radius 1 is 1.24 bits per heavy atom. The third-order valence-electron chi connectivity index (χ3n) is 2.06. The minimum atomic E-state index is -0.167. The topological polar surface area (TPSA) is 26.3 Å². The largest absolute Gasteiger partial charge is 1.00 e. The molecule has 0 aliphatic heterocycles. The number of hydrogen-bond donors (Lipinski definition) is 0. The molecule has 3 heteroatoms. The minimum Gasteiger partial charge on any atom is -0.488 e. The Labute approximate surface area is 156 Å². The van der Waals surface area contributed by atoms with Crippen LogP contribution in [0.3, 0.4) is 0 Å². The molecular formula is C14H27O2Rb. The van der Waals surface area contributed by atoms with Gasteiger partial charge in [-0.15, -0.1) is 0 Å². The number of allylic oxidation sites excluding steroid dienone is 2. The Hall–Kier alpha value is 0.885. The molecule has 0 radical (unpaired) electrons.